The lowest BCUT2D eigenvalue weighted by Gasteiger charge is -2.06. The average Bonchev–Trinajstić information content (AvgIpc) is 2.96. The van der Waals surface area contributed by atoms with Crippen LogP contribution in [0.4, 0.5) is 5.69 Å². The van der Waals surface area contributed by atoms with Crippen LogP contribution < -0.4 is 5.43 Å². The molecule has 110 valence electrons. The van der Waals surface area contributed by atoms with Gasteiger partial charge in [0, 0.05) is 5.56 Å². The molecular weight excluding hydrogens is 272 g/mol. The summed E-state index contributed by atoms with van der Waals surface area (Å²) in [6.45, 7) is 4.03. The predicted molar refractivity (Wildman–Crippen MR) is 90.6 cm³/mol. The molecular formula is C18H18N4. The molecule has 0 amide bonds. The van der Waals surface area contributed by atoms with Crippen LogP contribution in [0.2, 0.25) is 0 Å². The topological polar surface area (TPSA) is 42.2 Å². The van der Waals surface area contributed by atoms with E-state index in [-0.39, 0.29) is 0 Å². The van der Waals surface area contributed by atoms with Crippen LogP contribution in [0.1, 0.15) is 18.2 Å². The van der Waals surface area contributed by atoms with Gasteiger partial charge in [-0.2, -0.15) is 10.2 Å². The zero-order valence-electron chi connectivity index (χ0n) is 12.7. The summed E-state index contributed by atoms with van der Waals surface area (Å²) in [6.07, 6.45) is 1.86. The van der Waals surface area contributed by atoms with Gasteiger partial charge in [0.15, 0.2) is 0 Å². The van der Waals surface area contributed by atoms with E-state index in [4.69, 9.17) is 0 Å². The minimum absolute atomic E-state index is 0.906. The molecule has 0 saturated carbocycles. The summed E-state index contributed by atoms with van der Waals surface area (Å²) in [7, 11) is 0. The second-order valence-corrected chi connectivity index (χ2v) is 5.07. The molecule has 1 heterocycles. The Labute approximate surface area is 130 Å². The smallest absolute Gasteiger partial charge is 0.0682 e. The van der Waals surface area contributed by atoms with E-state index < -0.39 is 0 Å². The van der Waals surface area contributed by atoms with E-state index in [2.05, 4.69) is 22.5 Å². The van der Waals surface area contributed by atoms with Crippen LogP contribution in [0.3, 0.4) is 0 Å². The summed E-state index contributed by atoms with van der Waals surface area (Å²) >= 11 is 0. The van der Waals surface area contributed by atoms with E-state index in [1.165, 1.54) is 0 Å². The molecule has 0 atom stereocenters. The first kappa shape index (κ1) is 14.1. The van der Waals surface area contributed by atoms with Gasteiger partial charge in [-0.25, -0.2) is 4.68 Å². The van der Waals surface area contributed by atoms with Crippen molar-refractivity contribution >= 4 is 11.4 Å². The molecule has 0 bridgehead atoms. The highest BCUT2D eigenvalue weighted by molar-refractivity contribution is 5.99. The van der Waals surface area contributed by atoms with E-state index >= 15 is 0 Å². The number of hydrazone groups is 1. The molecule has 2 aromatic carbocycles. The van der Waals surface area contributed by atoms with Gasteiger partial charge in [-0.15, -0.1) is 0 Å². The Morgan fingerprint density at radius 2 is 1.64 bits per heavy atom. The Bertz CT molecular complexity index is 773. The number of anilines is 1. The van der Waals surface area contributed by atoms with Crippen molar-refractivity contribution in [2.24, 2.45) is 5.10 Å². The number of hydrogen-bond donors (Lipinski definition) is 1. The van der Waals surface area contributed by atoms with Gasteiger partial charge in [0.05, 0.1) is 29.0 Å². The molecule has 0 saturated heterocycles. The molecule has 0 fully saturated rings. The fourth-order valence-electron chi connectivity index (χ4n) is 2.32. The fourth-order valence-corrected chi connectivity index (χ4v) is 2.32. The van der Waals surface area contributed by atoms with Gasteiger partial charge in [-0.1, -0.05) is 36.4 Å². The van der Waals surface area contributed by atoms with E-state index in [1.807, 2.05) is 78.5 Å². The number of para-hydroxylation sites is 2. The maximum absolute atomic E-state index is 4.47. The van der Waals surface area contributed by atoms with Gasteiger partial charge in [0.25, 0.3) is 0 Å². The van der Waals surface area contributed by atoms with Crippen molar-refractivity contribution in [3.8, 4) is 5.69 Å². The third kappa shape index (κ3) is 2.91. The Kier molecular flexibility index (Phi) is 4.01. The maximum Gasteiger partial charge on any atom is 0.0682 e. The summed E-state index contributed by atoms with van der Waals surface area (Å²) < 4.78 is 1.93. The summed E-state index contributed by atoms with van der Waals surface area (Å²) in [5.41, 5.74) is 8.10. The number of aromatic nitrogens is 2. The van der Waals surface area contributed by atoms with E-state index in [1.54, 1.807) is 0 Å². The van der Waals surface area contributed by atoms with Crippen LogP contribution in [-0.4, -0.2) is 15.5 Å². The zero-order valence-corrected chi connectivity index (χ0v) is 12.7. The number of nitrogens with zero attached hydrogens (tertiary/aromatic N) is 3. The molecule has 1 N–H and O–H groups in total. The first-order chi connectivity index (χ1) is 10.8. The van der Waals surface area contributed by atoms with Crippen molar-refractivity contribution in [1.29, 1.82) is 0 Å². The molecule has 0 aliphatic carbocycles. The van der Waals surface area contributed by atoms with Gasteiger partial charge in [-0.05, 0) is 38.1 Å². The Morgan fingerprint density at radius 1 is 1.00 bits per heavy atom. The van der Waals surface area contributed by atoms with Crippen LogP contribution in [-0.2, 0) is 0 Å². The number of hydrogen-bond acceptors (Lipinski definition) is 3. The minimum atomic E-state index is 0.906. The summed E-state index contributed by atoms with van der Waals surface area (Å²) in [6, 6.07) is 20.0. The summed E-state index contributed by atoms with van der Waals surface area (Å²) in [5, 5.41) is 8.92. The number of rotatable bonds is 4. The Morgan fingerprint density at radius 3 is 2.32 bits per heavy atom. The van der Waals surface area contributed by atoms with E-state index in [0.717, 1.165) is 28.3 Å². The average molecular weight is 290 g/mol. The molecule has 0 unspecified atom stereocenters. The van der Waals surface area contributed by atoms with Crippen LogP contribution in [0.15, 0.2) is 72.0 Å². The zero-order chi connectivity index (χ0) is 15.4. The first-order valence-corrected chi connectivity index (χ1v) is 7.21. The van der Waals surface area contributed by atoms with E-state index in [9.17, 15) is 0 Å². The number of benzene rings is 2. The highest BCUT2D eigenvalue weighted by atomic mass is 15.3. The molecule has 0 aliphatic heterocycles. The Hall–Kier alpha value is -2.88. The van der Waals surface area contributed by atoms with Crippen LogP contribution >= 0.6 is 0 Å². The van der Waals surface area contributed by atoms with Crippen molar-refractivity contribution in [3.05, 3.63) is 78.1 Å². The number of nitrogens with one attached hydrogen (secondary N) is 1. The van der Waals surface area contributed by atoms with Crippen molar-refractivity contribution < 1.29 is 0 Å². The lowest BCUT2D eigenvalue weighted by atomic mass is 10.2. The van der Waals surface area contributed by atoms with Gasteiger partial charge >= 0.3 is 0 Å². The maximum atomic E-state index is 4.47. The van der Waals surface area contributed by atoms with Crippen LogP contribution in [0.5, 0.6) is 0 Å². The molecule has 4 nitrogen and oxygen atoms in total. The largest absolute Gasteiger partial charge is 0.278 e. The standard InChI is InChI=1S/C18H18N4/c1-14(20-21-16-9-5-3-6-10-16)18-13-19-22(15(18)2)17-11-7-4-8-12-17/h3-13,21H,1-2H3. The molecule has 3 aromatic rings. The fraction of sp³-hybridized carbons (Fsp3) is 0.111. The van der Waals surface area contributed by atoms with Crippen LogP contribution in [0, 0.1) is 6.92 Å². The van der Waals surface area contributed by atoms with Crippen molar-refractivity contribution in [1.82, 2.24) is 9.78 Å². The first-order valence-electron chi connectivity index (χ1n) is 7.21. The lowest BCUT2D eigenvalue weighted by molar-refractivity contribution is 0.847. The van der Waals surface area contributed by atoms with Gasteiger partial charge in [0.2, 0.25) is 0 Å². The second kappa shape index (κ2) is 6.26. The van der Waals surface area contributed by atoms with Gasteiger partial charge in [0.1, 0.15) is 0 Å². The second-order valence-electron chi connectivity index (χ2n) is 5.07. The summed E-state index contributed by atoms with van der Waals surface area (Å²) in [4.78, 5) is 0. The third-order valence-electron chi connectivity index (χ3n) is 3.53. The SMILES string of the molecule is CC(=NNc1ccccc1)c1cnn(-c2ccccc2)c1C. The summed E-state index contributed by atoms with van der Waals surface area (Å²) in [5.74, 6) is 0. The highest BCUT2D eigenvalue weighted by Crippen LogP contribution is 2.15. The van der Waals surface area contributed by atoms with E-state index in [0.29, 0.717) is 0 Å². The third-order valence-corrected chi connectivity index (χ3v) is 3.53. The quantitative estimate of drug-likeness (QED) is 0.582. The Balaban J connectivity index is 1.85. The minimum Gasteiger partial charge on any atom is -0.278 e. The molecule has 0 radical (unpaired) electrons. The van der Waals surface area contributed by atoms with Gasteiger partial charge < -0.3 is 0 Å². The molecule has 4 heteroatoms. The van der Waals surface area contributed by atoms with Gasteiger partial charge in [-0.3, -0.25) is 5.43 Å². The van der Waals surface area contributed by atoms with Crippen molar-refractivity contribution in [2.75, 3.05) is 5.43 Å². The molecule has 1 aromatic heterocycles. The highest BCUT2D eigenvalue weighted by Gasteiger charge is 2.10. The molecule has 22 heavy (non-hydrogen) atoms. The van der Waals surface area contributed by atoms with Crippen molar-refractivity contribution in [3.63, 3.8) is 0 Å². The molecule has 3 rings (SSSR count). The normalized spacial score (nSPS) is 11.5. The van der Waals surface area contributed by atoms with Crippen molar-refractivity contribution in [2.45, 2.75) is 13.8 Å². The molecule has 0 aliphatic rings. The molecule has 0 spiro atoms. The monoisotopic (exact) mass is 290 g/mol. The predicted octanol–water partition coefficient (Wildman–Crippen LogP) is 4.02. The lowest BCUT2D eigenvalue weighted by Crippen LogP contribution is -2.03. The van der Waals surface area contributed by atoms with Crippen LogP contribution in [0.25, 0.3) is 5.69 Å².